The SMILES string of the molecule is Cc1ccc(C(=O)N2CCC[C@H](C(=O)N[C@@H]3CCCC[C@H]3NC(=O)c3ccccc3C)C2)cc1. The van der Waals surface area contributed by atoms with Gasteiger partial charge in [-0.3, -0.25) is 14.4 Å². The minimum absolute atomic E-state index is 0.0107. The molecule has 4 rings (SSSR count). The van der Waals surface area contributed by atoms with Gasteiger partial charge in [0.1, 0.15) is 0 Å². The summed E-state index contributed by atoms with van der Waals surface area (Å²) < 4.78 is 0. The lowest BCUT2D eigenvalue weighted by molar-refractivity contribution is -0.127. The highest BCUT2D eigenvalue weighted by Crippen LogP contribution is 2.23. The van der Waals surface area contributed by atoms with E-state index >= 15 is 0 Å². The van der Waals surface area contributed by atoms with Crippen molar-refractivity contribution in [1.29, 1.82) is 0 Å². The largest absolute Gasteiger partial charge is 0.351 e. The number of carbonyl (C=O) groups is 3. The average Bonchev–Trinajstić information content (AvgIpc) is 2.85. The molecule has 2 N–H and O–H groups in total. The van der Waals surface area contributed by atoms with Gasteiger partial charge in [0.25, 0.3) is 11.8 Å². The highest BCUT2D eigenvalue weighted by atomic mass is 16.2. The molecule has 1 aliphatic carbocycles. The maximum atomic E-state index is 13.2. The Kier molecular flexibility index (Phi) is 7.66. The molecular formula is C28H35N3O3. The van der Waals surface area contributed by atoms with Crippen LogP contribution in [0.25, 0.3) is 0 Å². The number of carbonyl (C=O) groups excluding carboxylic acids is 3. The molecule has 0 aromatic heterocycles. The first-order chi connectivity index (χ1) is 16.4. The van der Waals surface area contributed by atoms with E-state index in [0.29, 0.717) is 24.2 Å². The third-order valence-electron chi connectivity index (χ3n) is 7.18. The van der Waals surface area contributed by atoms with Crippen molar-refractivity contribution in [1.82, 2.24) is 15.5 Å². The van der Waals surface area contributed by atoms with Gasteiger partial charge >= 0.3 is 0 Å². The Morgan fingerprint density at radius 1 is 0.824 bits per heavy atom. The van der Waals surface area contributed by atoms with Crippen LogP contribution in [0.5, 0.6) is 0 Å². The van der Waals surface area contributed by atoms with Crippen LogP contribution >= 0.6 is 0 Å². The molecule has 6 nitrogen and oxygen atoms in total. The number of likely N-dealkylation sites (tertiary alicyclic amines) is 1. The molecule has 3 amide bonds. The topological polar surface area (TPSA) is 78.5 Å². The third kappa shape index (κ3) is 5.66. The minimum Gasteiger partial charge on any atom is -0.351 e. The van der Waals surface area contributed by atoms with Gasteiger partial charge in [0, 0.05) is 36.3 Å². The third-order valence-corrected chi connectivity index (χ3v) is 7.18. The zero-order chi connectivity index (χ0) is 24.1. The van der Waals surface area contributed by atoms with Crippen molar-refractivity contribution in [3.63, 3.8) is 0 Å². The number of rotatable bonds is 5. The van der Waals surface area contributed by atoms with Gasteiger partial charge in [0.2, 0.25) is 5.91 Å². The fraction of sp³-hybridized carbons (Fsp3) is 0.464. The number of amides is 3. The van der Waals surface area contributed by atoms with E-state index in [0.717, 1.165) is 49.7 Å². The second-order valence-corrected chi connectivity index (χ2v) is 9.75. The summed E-state index contributed by atoms with van der Waals surface area (Å²) in [5, 5.41) is 6.39. The molecule has 1 heterocycles. The average molecular weight is 462 g/mol. The first-order valence-corrected chi connectivity index (χ1v) is 12.4. The molecule has 2 aliphatic rings. The lowest BCUT2D eigenvalue weighted by atomic mass is 9.88. The molecule has 0 spiro atoms. The number of aryl methyl sites for hydroxylation is 2. The lowest BCUT2D eigenvalue weighted by Crippen LogP contribution is -2.55. The smallest absolute Gasteiger partial charge is 0.253 e. The van der Waals surface area contributed by atoms with E-state index in [1.807, 2.05) is 62.4 Å². The predicted octanol–water partition coefficient (Wildman–Crippen LogP) is 4.01. The molecule has 2 aromatic carbocycles. The van der Waals surface area contributed by atoms with Crippen molar-refractivity contribution in [2.45, 2.75) is 64.5 Å². The molecule has 1 aliphatic heterocycles. The van der Waals surface area contributed by atoms with Crippen LogP contribution in [0.2, 0.25) is 0 Å². The predicted molar refractivity (Wildman–Crippen MR) is 133 cm³/mol. The summed E-state index contributed by atoms with van der Waals surface area (Å²) >= 11 is 0. The fourth-order valence-corrected chi connectivity index (χ4v) is 5.11. The van der Waals surface area contributed by atoms with E-state index in [-0.39, 0.29) is 35.7 Å². The summed E-state index contributed by atoms with van der Waals surface area (Å²) in [6.07, 6.45) is 5.36. The van der Waals surface area contributed by atoms with Crippen molar-refractivity contribution in [3.8, 4) is 0 Å². The van der Waals surface area contributed by atoms with Crippen LogP contribution in [0.3, 0.4) is 0 Å². The second-order valence-electron chi connectivity index (χ2n) is 9.75. The first kappa shape index (κ1) is 24.0. The Morgan fingerprint density at radius 2 is 1.50 bits per heavy atom. The quantitative estimate of drug-likeness (QED) is 0.706. The number of nitrogens with zero attached hydrogens (tertiary/aromatic N) is 1. The Balaban J connectivity index is 1.37. The van der Waals surface area contributed by atoms with Gasteiger partial charge in [0.15, 0.2) is 0 Å². The molecule has 1 saturated heterocycles. The monoisotopic (exact) mass is 461 g/mol. The molecular weight excluding hydrogens is 426 g/mol. The highest BCUT2D eigenvalue weighted by Gasteiger charge is 2.33. The number of benzene rings is 2. The first-order valence-electron chi connectivity index (χ1n) is 12.4. The van der Waals surface area contributed by atoms with Crippen LogP contribution < -0.4 is 10.6 Å². The van der Waals surface area contributed by atoms with Crippen LogP contribution in [0, 0.1) is 19.8 Å². The van der Waals surface area contributed by atoms with Gasteiger partial charge in [-0.05, 0) is 63.3 Å². The van der Waals surface area contributed by atoms with Gasteiger partial charge in [0.05, 0.1) is 5.92 Å². The Labute approximate surface area is 202 Å². The molecule has 2 fully saturated rings. The maximum absolute atomic E-state index is 13.2. The Bertz CT molecular complexity index is 1030. The Hall–Kier alpha value is -3.15. The molecule has 0 unspecified atom stereocenters. The summed E-state index contributed by atoms with van der Waals surface area (Å²) in [6.45, 7) is 5.04. The summed E-state index contributed by atoms with van der Waals surface area (Å²) in [4.78, 5) is 40.8. The lowest BCUT2D eigenvalue weighted by Gasteiger charge is -2.36. The number of piperidine rings is 1. The maximum Gasteiger partial charge on any atom is 0.253 e. The van der Waals surface area contributed by atoms with Gasteiger partial charge in [-0.1, -0.05) is 48.7 Å². The zero-order valence-electron chi connectivity index (χ0n) is 20.2. The van der Waals surface area contributed by atoms with Gasteiger partial charge < -0.3 is 15.5 Å². The summed E-state index contributed by atoms with van der Waals surface area (Å²) in [5.41, 5.74) is 3.40. The van der Waals surface area contributed by atoms with E-state index in [9.17, 15) is 14.4 Å². The van der Waals surface area contributed by atoms with Crippen LogP contribution in [-0.2, 0) is 4.79 Å². The molecule has 180 valence electrons. The zero-order valence-corrected chi connectivity index (χ0v) is 20.2. The number of hydrogen-bond acceptors (Lipinski definition) is 3. The molecule has 34 heavy (non-hydrogen) atoms. The van der Waals surface area contributed by atoms with Crippen molar-refractivity contribution in [2.24, 2.45) is 5.92 Å². The Morgan fingerprint density at radius 3 is 2.21 bits per heavy atom. The normalized spacial score (nSPS) is 22.6. The van der Waals surface area contributed by atoms with Crippen molar-refractivity contribution < 1.29 is 14.4 Å². The summed E-state index contributed by atoms with van der Waals surface area (Å²) in [6, 6.07) is 15.0. The van der Waals surface area contributed by atoms with E-state index in [1.165, 1.54) is 0 Å². The van der Waals surface area contributed by atoms with Crippen LogP contribution in [0.15, 0.2) is 48.5 Å². The minimum atomic E-state index is -0.224. The van der Waals surface area contributed by atoms with Gasteiger partial charge in [-0.15, -0.1) is 0 Å². The van der Waals surface area contributed by atoms with E-state index in [4.69, 9.17) is 0 Å². The van der Waals surface area contributed by atoms with E-state index in [1.54, 1.807) is 4.90 Å². The van der Waals surface area contributed by atoms with Crippen molar-refractivity contribution in [3.05, 3.63) is 70.8 Å². The van der Waals surface area contributed by atoms with E-state index in [2.05, 4.69) is 10.6 Å². The fourth-order valence-electron chi connectivity index (χ4n) is 5.11. The molecule has 1 saturated carbocycles. The van der Waals surface area contributed by atoms with Gasteiger partial charge in [-0.25, -0.2) is 0 Å². The van der Waals surface area contributed by atoms with Crippen molar-refractivity contribution in [2.75, 3.05) is 13.1 Å². The van der Waals surface area contributed by atoms with Crippen molar-refractivity contribution >= 4 is 17.7 Å². The number of nitrogens with one attached hydrogen (secondary N) is 2. The molecule has 0 bridgehead atoms. The van der Waals surface area contributed by atoms with Gasteiger partial charge in [-0.2, -0.15) is 0 Å². The molecule has 3 atom stereocenters. The summed E-state index contributed by atoms with van der Waals surface area (Å²) in [5.74, 6) is -0.337. The van der Waals surface area contributed by atoms with Crippen LogP contribution in [0.4, 0.5) is 0 Å². The van der Waals surface area contributed by atoms with Crippen LogP contribution in [0.1, 0.15) is 70.4 Å². The highest BCUT2D eigenvalue weighted by molar-refractivity contribution is 5.96. The van der Waals surface area contributed by atoms with E-state index < -0.39 is 0 Å². The molecule has 6 heteroatoms. The molecule has 2 aromatic rings. The standard InChI is InChI=1S/C28H35N3O3/c1-19-13-15-21(16-14-19)28(34)31-17-7-9-22(18-31)26(32)29-24-11-5-6-12-25(24)30-27(33)23-10-4-3-8-20(23)2/h3-4,8,10,13-16,22,24-25H,5-7,9,11-12,17-18H2,1-2H3,(H,29,32)(H,30,33)/t22-,24+,25+/m0/s1. The summed E-state index contributed by atoms with van der Waals surface area (Å²) in [7, 11) is 0. The second kappa shape index (κ2) is 10.9. The van der Waals surface area contributed by atoms with Crippen LogP contribution in [-0.4, -0.2) is 47.8 Å². The number of hydrogen-bond donors (Lipinski definition) is 2. The molecule has 0 radical (unpaired) electrons.